The van der Waals surface area contributed by atoms with E-state index in [1.165, 1.54) is 31.1 Å². The molecule has 3 unspecified atom stereocenters. The molecule has 1 amide bonds. The molecule has 0 aromatic heterocycles. The molecule has 26 heteroatoms. The first-order chi connectivity index (χ1) is 36.5. The van der Waals surface area contributed by atoms with Crippen molar-refractivity contribution in [1.82, 2.24) is 5.48 Å². The van der Waals surface area contributed by atoms with E-state index in [0.29, 0.717) is 25.0 Å². The van der Waals surface area contributed by atoms with E-state index in [-0.39, 0.29) is 32.5 Å². The topological polar surface area (TPSA) is 269 Å². The average molecular weight is 1270 g/mol. The summed E-state index contributed by atoms with van der Waals surface area (Å²) < 4.78 is 78.6. The Balaban J connectivity index is 0.000000300. The number of nitrogens with one attached hydrogen (secondary N) is 1. The van der Waals surface area contributed by atoms with Gasteiger partial charge >= 0.3 is 11.9 Å². The smallest absolute Gasteiger partial charge is 0.327 e. The number of esters is 2. The number of nitrogens with zero attached hydrogens (tertiary/aromatic N) is 3. The van der Waals surface area contributed by atoms with Crippen molar-refractivity contribution in [2.45, 2.75) is 136 Å². The standard InChI is InChI=1S/C18H25NO5S2.C16H20BrNO5S.C16H22N2O5S2.C2H6S/c1-5-23-17(20)18(3,26(4,21)22)12-14-11-16(19-24-14)13-7-9-15(10-8-13)25-6-2;1-4-22-15(19)16(2,24(3,20)21)10-13-9-14(18-23-13)11-5-7-12(17)8-6-11;1-4-24-13-7-5-11(6-8-13)14-9-12(23-18-14)10-16(2,15(19)17-20)25(3,21)22;1-2-3/h7-10,14H,5-6,11-12H2,1-4H3;5-8,13H,4,9-10H2,1-3H3;5-8,12,20H,4,9-10H2,1-3H3,(H,17,19);3H,2H2,1H3/t14?,18-;13?,16-;12?,16-;/m111./s1. The molecular formula is C52H73BrN4O15S6. The number of halogens is 1. The Kier molecular flexibility index (Phi) is 26.7. The predicted octanol–water partition coefficient (Wildman–Crippen LogP) is 8.67. The van der Waals surface area contributed by atoms with Gasteiger partial charge < -0.3 is 24.0 Å². The molecule has 0 aliphatic carbocycles. The van der Waals surface area contributed by atoms with Crippen LogP contribution in [0.15, 0.2) is 103 Å². The molecule has 3 aliphatic rings. The largest absolute Gasteiger partial charge is 0.465 e. The van der Waals surface area contributed by atoms with Gasteiger partial charge in [0.05, 0.1) is 30.3 Å². The average Bonchev–Trinajstić information content (AvgIpc) is 4.19. The van der Waals surface area contributed by atoms with Crippen molar-refractivity contribution in [3.63, 3.8) is 0 Å². The van der Waals surface area contributed by atoms with E-state index in [0.717, 1.165) is 73.5 Å². The first kappa shape index (κ1) is 68.1. The van der Waals surface area contributed by atoms with Crippen molar-refractivity contribution in [2.75, 3.05) is 49.2 Å². The molecule has 3 heterocycles. The molecule has 0 saturated carbocycles. The minimum atomic E-state index is -3.76. The van der Waals surface area contributed by atoms with Gasteiger partial charge in [0, 0.05) is 71.6 Å². The van der Waals surface area contributed by atoms with Crippen LogP contribution < -0.4 is 5.48 Å². The Bertz CT molecular complexity index is 2930. The van der Waals surface area contributed by atoms with Crippen LogP contribution in [0.5, 0.6) is 0 Å². The molecule has 0 radical (unpaired) electrons. The third kappa shape index (κ3) is 18.7. The normalized spacial score (nSPS) is 19.2. The summed E-state index contributed by atoms with van der Waals surface area (Å²) in [5.41, 5.74) is 6.36. The predicted molar refractivity (Wildman–Crippen MR) is 314 cm³/mol. The number of sulfone groups is 3. The zero-order valence-corrected chi connectivity index (χ0v) is 52.4. The number of benzene rings is 3. The Morgan fingerprint density at radius 1 is 0.590 bits per heavy atom. The van der Waals surface area contributed by atoms with Crippen LogP contribution in [-0.4, -0.2) is 147 Å². The monoisotopic (exact) mass is 1260 g/mol. The maximum atomic E-state index is 12.3. The van der Waals surface area contributed by atoms with Crippen molar-refractivity contribution in [1.29, 1.82) is 0 Å². The third-order valence-electron chi connectivity index (χ3n) is 12.7. The minimum absolute atomic E-state index is 0.00143. The summed E-state index contributed by atoms with van der Waals surface area (Å²) in [5.74, 6) is 0.452. The van der Waals surface area contributed by atoms with E-state index in [1.807, 2.05) is 79.7 Å². The van der Waals surface area contributed by atoms with Crippen LogP contribution in [0.4, 0.5) is 0 Å². The molecule has 3 aromatic rings. The fourth-order valence-corrected chi connectivity index (χ4v) is 11.9. The zero-order valence-electron chi connectivity index (χ0n) is 45.8. The van der Waals surface area contributed by atoms with E-state index < -0.39 is 79.9 Å². The molecule has 0 spiro atoms. The Hall–Kier alpha value is -4.18. The van der Waals surface area contributed by atoms with Gasteiger partial charge in [-0.3, -0.25) is 19.6 Å². The van der Waals surface area contributed by atoms with Crippen LogP contribution in [0.1, 0.15) is 111 Å². The highest BCUT2D eigenvalue weighted by Gasteiger charge is 2.50. The van der Waals surface area contributed by atoms with Gasteiger partial charge in [-0.05, 0) is 105 Å². The molecular weight excluding hydrogens is 1190 g/mol. The molecule has 3 aromatic carbocycles. The van der Waals surface area contributed by atoms with Crippen LogP contribution in [0.3, 0.4) is 0 Å². The summed E-state index contributed by atoms with van der Waals surface area (Å²) in [6, 6.07) is 23.5. The Morgan fingerprint density at radius 3 is 1.13 bits per heavy atom. The molecule has 0 saturated heterocycles. The number of hydrogen-bond acceptors (Lipinski definition) is 21. The van der Waals surface area contributed by atoms with E-state index in [4.69, 9.17) is 29.2 Å². The summed E-state index contributed by atoms with van der Waals surface area (Å²) in [6.07, 6.45) is 2.68. The van der Waals surface area contributed by atoms with Crippen molar-refractivity contribution in [3.05, 3.63) is 94.0 Å². The molecule has 78 heavy (non-hydrogen) atoms. The van der Waals surface area contributed by atoms with E-state index in [9.17, 15) is 39.6 Å². The maximum Gasteiger partial charge on any atom is 0.327 e. The quantitative estimate of drug-likeness (QED) is 0.0296. The maximum absolute atomic E-state index is 12.3. The summed E-state index contributed by atoms with van der Waals surface area (Å²) in [4.78, 5) is 54.8. The second-order valence-electron chi connectivity index (χ2n) is 18.6. The zero-order chi connectivity index (χ0) is 58.7. The number of hydroxylamine groups is 1. The number of amides is 1. The van der Waals surface area contributed by atoms with E-state index in [1.54, 1.807) is 37.4 Å². The van der Waals surface area contributed by atoms with Gasteiger partial charge in [0.2, 0.25) is 0 Å². The number of oxime groups is 3. The van der Waals surface area contributed by atoms with Crippen LogP contribution >= 0.6 is 52.1 Å². The molecule has 2 N–H and O–H groups in total. The van der Waals surface area contributed by atoms with Gasteiger partial charge in [0.25, 0.3) is 5.91 Å². The molecule has 0 fully saturated rings. The summed E-state index contributed by atoms with van der Waals surface area (Å²) >= 11 is 10.7. The fraction of sp³-hybridized carbons (Fsp3) is 0.538. The van der Waals surface area contributed by atoms with E-state index >= 15 is 0 Å². The number of hydrogen-bond donors (Lipinski definition) is 3. The lowest BCUT2D eigenvalue weighted by Crippen LogP contribution is -2.51. The number of carbonyl (C=O) groups is 3. The van der Waals surface area contributed by atoms with Gasteiger partial charge in [0.15, 0.2) is 43.8 Å². The second kappa shape index (κ2) is 30.6. The first-order valence-corrected chi connectivity index (χ1v) is 34.0. The highest BCUT2D eigenvalue weighted by Crippen LogP contribution is 2.34. The van der Waals surface area contributed by atoms with E-state index in [2.05, 4.69) is 57.9 Å². The lowest BCUT2D eigenvalue weighted by Gasteiger charge is -2.27. The highest BCUT2D eigenvalue weighted by atomic mass is 79.9. The number of carbonyl (C=O) groups excluding carboxylic acids is 3. The lowest BCUT2D eigenvalue weighted by molar-refractivity contribution is -0.147. The lowest BCUT2D eigenvalue weighted by atomic mass is 9.96. The number of thioether (sulfide) groups is 2. The SMILES string of the molecule is CCOC(=O)[C@@](C)(CC1CC(c2ccc(Br)cc2)=NO1)S(C)(=O)=O.CCOC(=O)[C@@](C)(CC1CC(c2ccc(SCC)cc2)=NO1)S(C)(=O)=O.CCS.CCSc1ccc(C2=NOC(C[C@](C)(C(=O)NO)S(C)(=O)=O)C2)cc1. The molecule has 19 nitrogen and oxygen atoms in total. The third-order valence-corrected chi connectivity index (χ3v) is 20.9. The summed E-state index contributed by atoms with van der Waals surface area (Å²) in [5, 5.41) is 21.0. The van der Waals surface area contributed by atoms with Crippen LogP contribution in [0.25, 0.3) is 0 Å². The second-order valence-corrected chi connectivity index (χ2v) is 30.2. The Labute approximate surface area is 482 Å². The van der Waals surface area contributed by atoms with Gasteiger partial charge in [-0.25, -0.2) is 30.7 Å². The highest BCUT2D eigenvalue weighted by molar-refractivity contribution is 9.10. The van der Waals surface area contributed by atoms with Crippen molar-refractivity contribution in [3.8, 4) is 0 Å². The van der Waals surface area contributed by atoms with Gasteiger partial charge in [0.1, 0.15) is 18.3 Å². The van der Waals surface area contributed by atoms with Gasteiger partial charge in [-0.15, -0.1) is 23.5 Å². The first-order valence-electron chi connectivity index (χ1n) is 24.9. The number of thiol groups is 1. The molecule has 434 valence electrons. The van der Waals surface area contributed by atoms with Crippen molar-refractivity contribution >= 4 is 117 Å². The van der Waals surface area contributed by atoms with Crippen molar-refractivity contribution < 1.29 is 68.8 Å². The Morgan fingerprint density at radius 2 is 0.872 bits per heavy atom. The fourth-order valence-electron chi connectivity index (χ4n) is 7.76. The number of rotatable bonds is 21. The van der Waals surface area contributed by atoms with Crippen molar-refractivity contribution in [2.24, 2.45) is 15.5 Å². The summed E-state index contributed by atoms with van der Waals surface area (Å²) in [7, 11) is -11.1. The molecule has 0 bridgehead atoms. The van der Waals surface area contributed by atoms with Crippen LogP contribution in [0, 0.1) is 0 Å². The van der Waals surface area contributed by atoms with Gasteiger partial charge in [-0.1, -0.05) is 88.6 Å². The van der Waals surface area contributed by atoms with Crippen LogP contribution in [-0.2, 0) is 67.9 Å². The summed E-state index contributed by atoms with van der Waals surface area (Å²) in [6.45, 7) is 13.7. The minimum Gasteiger partial charge on any atom is -0.465 e. The number of ether oxygens (including phenoxy) is 2. The molecule has 3 aliphatic heterocycles. The molecule has 6 rings (SSSR count). The van der Waals surface area contributed by atoms with Gasteiger partial charge in [-0.2, -0.15) is 12.6 Å². The molecule has 6 atom stereocenters. The van der Waals surface area contributed by atoms with Crippen LogP contribution in [0.2, 0.25) is 0 Å².